The molecule has 1 atom stereocenters. The Morgan fingerprint density at radius 2 is 2.04 bits per heavy atom. The van der Waals surface area contributed by atoms with Gasteiger partial charge in [0.05, 0.1) is 22.8 Å². The predicted octanol–water partition coefficient (Wildman–Crippen LogP) is 2.60. The number of methoxy groups -OCH3 is 1. The molecule has 1 aromatic carbocycles. The van der Waals surface area contributed by atoms with Crippen molar-refractivity contribution in [2.45, 2.75) is 13.0 Å². The number of carbonyl (C=O) groups is 2. The van der Waals surface area contributed by atoms with Gasteiger partial charge in [-0.2, -0.15) is 5.10 Å². The minimum absolute atomic E-state index is 0.0393. The molecule has 0 radical (unpaired) electrons. The molecule has 0 saturated carbocycles. The van der Waals surface area contributed by atoms with Crippen molar-refractivity contribution in [2.24, 2.45) is 7.05 Å². The van der Waals surface area contributed by atoms with E-state index >= 15 is 0 Å². The van der Waals surface area contributed by atoms with Gasteiger partial charge in [-0.1, -0.05) is 29.3 Å². The molecule has 1 amide bonds. The van der Waals surface area contributed by atoms with Crippen LogP contribution in [-0.2, 0) is 11.8 Å². The third-order valence-corrected chi connectivity index (χ3v) is 4.26. The molecule has 0 aliphatic rings. The number of aryl methyl sites for hydroxylation is 1. The molecule has 0 spiro atoms. The first-order chi connectivity index (χ1) is 11.3. The van der Waals surface area contributed by atoms with Crippen LogP contribution >= 0.6 is 23.2 Å². The van der Waals surface area contributed by atoms with Crippen LogP contribution in [0.1, 0.15) is 27.8 Å². The van der Waals surface area contributed by atoms with Crippen molar-refractivity contribution in [1.82, 2.24) is 15.1 Å². The monoisotopic (exact) mass is 371 g/mol. The highest BCUT2D eigenvalue weighted by atomic mass is 35.5. The molecule has 0 saturated heterocycles. The summed E-state index contributed by atoms with van der Waals surface area (Å²) in [6.45, 7) is 1.70. The minimum Gasteiger partial charge on any atom is -0.495 e. The van der Waals surface area contributed by atoms with Crippen LogP contribution in [0.3, 0.4) is 0 Å². The standard InChI is InChI=1S/C15H15Cl2N3O4/c1-7-11(17)13(19-20(7)2)14(21)18-12(15(22)23)8-4-5-10(24-3)9(16)6-8/h4-6,12H,1-3H3,(H,18,21)(H,22,23). The highest BCUT2D eigenvalue weighted by molar-refractivity contribution is 6.34. The molecular weight excluding hydrogens is 357 g/mol. The van der Waals surface area contributed by atoms with Crippen molar-refractivity contribution in [2.75, 3.05) is 7.11 Å². The van der Waals surface area contributed by atoms with Crippen LogP contribution < -0.4 is 10.1 Å². The summed E-state index contributed by atoms with van der Waals surface area (Å²) in [5.74, 6) is -1.53. The van der Waals surface area contributed by atoms with Gasteiger partial charge in [-0.05, 0) is 24.6 Å². The van der Waals surface area contributed by atoms with Crippen molar-refractivity contribution in [3.05, 3.63) is 45.2 Å². The molecule has 0 fully saturated rings. The number of aromatic nitrogens is 2. The van der Waals surface area contributed by atoms with Gasteiger partial charge in [-0.15, -0.1) is 0 Å². The van der Waals surface area contributed by atoms with Gasteiger partial charge < -0.3 is 15.2 Å². The molecule has 2 N–H and O–H groups in total. The summed E-state index contributed by atoms with van der Waals surface area (Å²) in [6.07, 6.45) is 0. The largest absolute Gasteiger partial charge is 0.495 e. The van der Waals surface area contributed by atoms with E-state index in [1.807, 2.05) is 0 Å². The van der Waals surface area contributed by atoms with Crippen LogP contribution in [0.4, 0.5) is 0 Å². The summed E-state index contributed by atoms with van der Waals surface area (Å²) < 4.78 is 6.47. The Kier molecular flexibility index (Phi) is 5.36. The summed E-state index contributed by atoms with van der Waals surface area (Å²) in [7, 11) is 3.08. The van der Waals surface area contributed by atoms with E-state index in [2.05, 4.69) is 10.4 Å². The summed E-state index contributed by atoms with van der Waals surface area (Å²) in [4.78, 5) is 23.9. The van der Waals surface area contributed by atoms with Crippen LogP contribution in [0.5, 0.6) is 5.75 Å². The Morgan fingerprint density at radius 1 is 1.38 bits per heavy atom. The van der Waals surface area contributed by atoms with Crippen LogP contribution in [-0.4, -0.2) is 33.9 Å². The zero-order chi connectivity index (χ0) is 18.0. The van der Waals surface area contributed by atoms with Gasteiger partial charge >= 0.3 is 5.97 Å². The molecule has 24 heavy (non-hydrogen) atoms. The van der Waals surface area contributed by atoms with Crippen molar-refractivity contribution in [3.8, 4) is 5.75 Å². The summed E-state index contributed by atoms with van der Waals surface area (Å²) in [5, 5.41) is 16.2. The lowest BCUT2D eigenvalue weighted by Crippen LogP contribution is -2.34. The Hall–Kier alpha value is -2.25. The number of amides is 1. The molecule has 1 aromatic heterocycles. The minimum atomic E-state index is -1.31. The van der Waals surface area contributed by atoms with Crippen molar-refractivity contribution < 1.29 is 19.4 Å². The molecule has 1 heterocycles. The fourth-order valence-electron chi connectivity index (χ4n) is 2.08. The van der Waals surface area contributed by atoms with E-state index in [-0.39, 0.29) is 15.7 Å². The van der Waals surface area contributed by atoms with E-state index in [4.69, 9.17) is 27.9 Å². The first kappa shape index (κ1) is 18.1. The lowest BCUT2D eigenvalue weighted by atomic mass is 10.1. The number of hydrogen-bond donors (Lipinski definition) is 2. The third-order valence-electron chi connectivity index (χ3n) is 3.51. The van der Waals surface area contributed by atoms with Gasteiger partial charge in [0.25, 0.3) is 5.91 Å². The van der Waals surface area contributed by atoms with Gasteiger partial charge in [0.15, 0.2) is 11.7 Å². The molecule has 2 rings (SSSR count). The molecule has 0 aliphatic carbocycles. The average molecular weight is 372 g/mol. The Bertz CT molecular complexity index is 804. The zero-order valence-corrected chi connectivity index (χ0v) is 14.6. The van der Waals surface area contributed by atoms with Crippen LogP contribution in [0, 0.1) is 6.92 Å². The van der Waals surface area contributed by atoms with Crippen molar-refractivity contribution in [3.63, 3.8) is 0 Å². The van der Waals surface area contributed by atoms with E-state index in [1.54, 1.807) is 14.0 Å². The second kappa shape index (κ2) is 7.11. The fraction of sp³-hybridized carbons (Fsp3) is 0.267. The van der Waals surface area contributed by atoms with Gasteiger partial charge in [0.2, 0.25) is 0 Å². The predicted molar refractivity (Wildman–Crippen MR) is 88.8 cm³/mol. The quantitative estimate of drug-likeness (QED) is 0.842. The molecule has 2 aromatic rings. The highest BCUT2D eigenvalue weighted by Crippen LogP contribution is 2.28. The maximum atomic E-state index is 12.3. The van der Waals surface area contributed by atoms with Gasteiger partial charge in [0.1, 0.15) is 5.75 Å². The number of benzene rings is 1. The van der Waals surface area contributed by atoms with Crippen molar-refractivity contribution in [1.29, 1.82) is 0 Å². The van der Waals surface area contributed by atoms with E-state index in [1.165, 1.54) is 30.0 Å². The number of carbonyl (C=O) groups excluding carboxylic acids is 1. The first-order valence-electron chi connectivity index (χ1n) is 6.82. The second-order valence-corrected chi connectivity index (χ2v) is 5.80. The Labute approximate surface area is 148 Å². The second-order valence-electron chi connectivity index (χ2n) is 5.01. The maximum absolute atomic E-state index is 12.3. The number of rotatable bonds is 5. The average Bonchev–Trinajstić information content (AvgIpc) is 2.79. The molecule has 0 bridgehead atoms. The number of nitrogens with zero attached hydrogens (tertiary/aromatic N) is 2. The molecule has 7 nitrogen and oxygen atoms in total. The van der Waals surface area contributed by atoms with E-state index < -0.39 is 17.9 Å². The topological polar surface area (TPSA) is 93.5 Å². The van der Waals surface area contributed by atoms with Gasteiger partial charge in [-0.25, -0.2) is 4.79 Å². The fourth-order valence-corrected chi connectivity index (χ4v) is 2.59. The lowest BCUT2D eigenvalue weighted by molar-refractivity contribution is -0.139. The Morgan fingerprint density at radius 3 is 2.50 bits per heavy atom. The molecule has 1 unspecified atom stereocenters. The summed E-state index contributed by atoms with van der Waals surface area (Å²) in [6, 6.07) is 3.15. The zero-order valence-electron chi connectivity index (χ0n) is 13.1. The van der Waals surface area contributed by atoms with Gasteiger partial charge in [-0.3, -0.25) is 9.48 Å². The molecule has 0 aliphatic heterocycles. The Balaban J connectivity index is 2.32. The highest BCUT2D eigenvalue weighted by Gasteiger charge is 2.26. The van der Waals surface area contributed by atoms with E-state index in [0.717, 1.165) is 0 Å². The number of carboxylic acids is 1. The van der Waals surface area contributed by atoms with Crippen LogP contribution in [0.2, 0.25) is 10.0 Å². The molecular formula is C15H15Cl2N3O4. The van der Waals surface area contributed by atoms with Crippen LogP contribution in [0.15, 0.2) is 18.2 Å². The van der Waals surface area contributed by atoms with E-state index in [9.17, 15) is 14.7 Å². The third kappa shape index (κ3) is 3.47. The van der Waals surface area contributed by atoms with Gasteiger partial charge in [0, 0.05) is 7.05 Å². The maximum Gasteiger partial charge on any atom is 0.330 e. The number of carboxylic acid groups (broad SMARTS) is 1. The lowest BCUT2D eigenvalue weighted by Gasteiger charge is -2.15. The first-order valence-corrected chi connectivity index (χ1v) is 7.58. The van der Waals surface area contributed by atoms with Crippen molar-refractivity contribution >= 4 is 35.1 Å². The number of ether oxygens (including phenoxy) is 1. The number of halogens is 2. The smallest absolute Gasteiger partial charge is 0.330 e. The summed E-state index contributed by atoms with van der Waals surface area (Å²) in [5.41, 5.74) is 0.856. The molecule has 128 valence electrons. The molecule has 9 heteroatoms. The van der Waals surface area contributed by atoms with E-state index in [0.29, 0.717) is 17.0 Å². The number of nitrogens with one attached hydrogen (secondary N) is 1. The van der Waals surface area contributed by atoms with Crippen LogP contribution in [0.25, 0.3) is 0 Å². The SMILES string of the molecule is COc1ccc(C(NC(=O)c2nn(C)c(C)c2Cl)C(=O)O)cc1Cl. The number of aliphatic carboxylic acids is 1. The summed E-state index contributed by atoms with van der Waals surface area (Å²) >= 11 is 12.1. The normalized spacial score (nSPS) is 11.9. The number of hydrogen-bond acceptors (Lipinski definition) is 4.